The molecule has 2 aromatic carbocycles. The van der Waals surface area contributed by atoms with Crippen molar-refractivity contribution in [3.05, 3.63) is 64.4 Å². The second-order valence-corrected chi connectivity index (χ2v) is 8.17. The van der Waals surface area contributed by atoms with E-state index in [4.69, 9.17) is 4.74 Å². The third-order valence-electron chi connectivity index (χ3n) is 4.62. The van der Waals surface area contributed by atoms with Crippen molar-refractivity contribution in [1.82, 2.24) is 0 Å². The van der Waals surface area contributed by atoms with Gasteiger partial charge in [0.1, 0.15) is 5.75 Å². The number of aryl methyl sites for hydroxylation is 1. The average Bonchev–Trinajstić information content (AvgIpc) is 3.31. The van der Waals surface area contributed by atoms with Gasteiger partial charge in [-0.05, 0) is 58.8 Å². The standard InChI is InChI=1S/C22H20O2S2/c1-2-3-5-10-16-17-11-13-25-20(17)21-18(12-14-26-21)19(16)22(23)24-15-8-6-4-7-9-15/h4,6-9,11-14H,2-3,5,10H2,1H3. The van der Waals surface area contributed by atoms with Crippen molar-refractivity contribution < 1.29 is 9.53 Å². The molecular formula is C22H20O2S2. The molecule has 26 heavy (non-hydrogen) atoms. The highest BCUT2D eigenvalue weighted by Gasteiger charge is 2.22. The first-order valence-corrected chi connectivity index (χ1v) is 10.7. The Bertz CT molecular complexity index is 1040. The number of benzene rings is 2. The number of carbonyl (C=O) groups is 1. The molecule has 0 spiro atoms. The molecule has 2 nitrogen and oxygen atoms in total. The molecule has 4 rings (SSSR count). The lowest BCUT2D eigenvalue weighted by atomic mass is 9.95. The van der Waals surface area contributed by atoms with Gasteiger partial charge in [0, 0.05) is 5.39 Å². The van der Waals surface area contributed by atoms with E-state index in [0.717, 1.165) is 35.8 Å². The van der Waals surface area contributed by atoms with E-state index in [1.54, 1.807) is 22.7 Å². The number of thiophene rings is 2. The SMILES string of the molecule is CCCCCc1c(C(=O)Oc2ccccc2)c2ccsc2c2sccc12. The number of ether oxygens (including phenoxy) is 1. The summed E-state index contributed by atoms with van der Waals surface area (Å²) in [6.07, 6.45) is 4.33. The Kier molecular flexibility index (Phi) is 5.05. The molecule has 0 N–H and O–H groups in total. The summed E-state index contributed by atoms with van der Waals surface area (Å²) < 4.78 is 8.20. The lowest BCUT2D eigenvalue weighted by molar-refractivity contribution is 0.0736. The van der Waals surface area contributed by atoms with Crippen LogP contribution in [0.5, 0.6) is 5.75 Å². The van der Waals surface area contributed by atoms with Crippen LogP contribution >= 0.6 is 22.7 Å². The zero-order valence-corrected chi connectivity index (χ0v) is 16.3. The summed E-state index contributed by atoms with van der Waals surface area (Å²) in [4.78, 5) is 13.1. The van der Waals surface area contributed by atoms with Crippen LogP contribution in [0.3, 0.4) is 0 Å². The van der Waals surface area contributed by atoms with Gasteiger partial charge in [0.2, 0.25) is 0 Å². The number of carbonyl (C=O) groups excluding carboxylic acids is 1. The average molecular weight is 381 g/mol. The maximum absolute atomic E-state index is 13.1. The highest BCUT2D eigenvalue weighted by Crippen LogP contribution is 2.40. The number of unbranched alkanes of at least 4 members (excludes halogenated alkanes) is 2. The molecule has 0 unspecified atom stereocenters. The number of esters is 1. The zero-order valence-electron chi connectivity index (χ0n) is 14.7. The van der Waals surface area contributed by atoms with Gasteiger partial charge in [-0.25, -0.2) is 4.79 Å². The summed E-state index contributed by atoms with van der Waals surface area (Å²) in [7, 11) is 0. The lowest BCUT2D eigenvalue weighted by Crippen LogP contribution is -2.12. The van der Waals surface area contributed by atoms with E-state index in [1.165, 1.54) is 21.2 Å². The Hall–Kier alpha value is -2.17. The summed E-state index contributed by atoms with van der Waals surface area (Å²) in [5.74, 6) is 0.338. The smallest absolute Gasteiger partial charge is 0.344 e. The van der Waals surface area contributed by atoms with Crippen molar-refractivity contribution in [3.63, 3.8) is 0 Å². The number of fused-ring (bicyclic) bond motifs is 3. The van der Waals surface area contributed by atoms with Crippen molar-refractivity contribution in [3.8, 4) is 5.75 Å². The highest BCUT2D eigenvalue weighted by atomic mass is 32.1. The number of para-hydroxylation sites is 1. The molecule has 0 saturated heterocycles. The Morgan fingerprint density at radius 2 is 1.62 bits per heavy atom. The molecule has 0 aliphatic rings. The molecular weight excluding hydrogens is 360 g/mol. The zero-order chi connectivity index (χ0) is 17.9. The summed E-state index contributed by atoms with van der Waals surface area (Å²) in [5.41, 5.74) is 1.88. The van der Waals surface area contributed by atoms with Crippen LogP contribution in [-0.2, 0) is 6.42 Å². The topological polar surface area (TPSA) is 26.3 Å². The largest absolute Gasteiger partial charge is 0.423 e. The van der Waals surface area contributed by atoms with Gasteiger partial charge >= 0.3 is 5.97 Å². The van der Waals surface area contributed by atoms with Crippen LogP contribution < -0.4 is 4.74 Å². The van der Waals surface area contributed by atoms with Gasteiger partial charge in [0.25, 0.3) is 0 Å². The Balaban J connectivity index is 1.85. The van der Waals surface area contributed by atoms with E-state index < -0.39 is 0 Å². The van der Waals surface area contributed by atoms with Crippen LogP contribution in [0, 0.1) is 0 Å². The van der Waals surface area contributed by atoms with Crippen molar-refractivity contribution in [1.29, 1.82) is 0 Å². The maximum atomic E-state index is 13.1. The first-order chi connectivity index (χ1) is 12.8. The molecule has 2 heterocycles. The van der Waals surface area contributed by atoms with Crippen LogP contribution in [0.1, 0.15) is 42.1 Å². The number of hydrogen-bond acceptors (Lipinski definition) is 4. The minimum Gasteiger partial charge on any atom is -0.423 e. The van der Waals surface area contributed by atoms with E-state index in [1.807, 2.05) is 30.3 Å². The monoisotopic (exact) mass is 380 g/mol. The molecule has 0 aliphatic carbocycles. The van der Waals surface area contributed by atoms with Crippen LogP contribution in [-0.4, -0.2) is 5.97 Å². The molecule has 0 amide bonds. The third kappa shape index (κ3) is 3.15. The van der Waals surface area contributed by atoms with E-state index in [2.05, 4.69) is 29.8 Å². The van der Waals surface area contributed by atoms with Crippen LogP contribution in [0.25, 0.3) is 20.2 Å². The van der Waals surface area contributed by atoms with Crippen LogP contribution in [0.2, 0.25) is 0 Å². The molecule has 4 aromatic rings. The van der Waals surface area contributed by atoms with Crippen molar-refractivity contribution >= 4 is 48.8 Å². The predicted molar refractivity (Wildman–Crippen MR) is 112 cm³/mol. The Morgan fingerprint density at radius 3 is 2.35 bits per heavy atom. The summed E-state index contributed by atoms with van der Waals surface area (Å²) >= 11 is 3.46. The molecule has 0 aliphatic heterocycles. The molecule has 0 fully saturated rings. The van der Waals surface area contributed by atoms with E-state index in [0.29, 0.717) is 5.75 Å². The van der Waals surface area contributed by atoms with Gasteiger partial charge in [-0.15, -0.1) is 22.7 Å². The maximum Gasteiger partial charge on any atom is 0.344 e. The van der Waals surface area contributed by atoms with Crippen molar-refractivity contribution in [2.45, 2.75) is 32.6 Å². The quantitative estimate of drug-likeness (QED) is 0.203. The summed E-state index contributed by atoms with van der Waals surface area (Å²) in [5, 5.41) is 6.43. The molecule has 4 heteroatoms. The van der Waals surface area contributed by atoms with Gasteiger partial charge in [0.15, 0.2) is 0 Å². The molecule has 0 saturated carbocycles. The van der Waals surface area contributed by atoms with Gasteiger partial charge in [0.05, 0.1) is 15.0 Å². The van der Waals surface area contributed by atoms with Gasteiger partial charge < -0.3 is 4.74 Å². The first kappa shape index (κ1) is 17.3. The van der Waals surface area contributed by atoms with Crippen LogP contribution in [0.4, 0.5) is 0 Å². The minimum atomic E-state index is -0.251. The number of hydrogen-bond donors (Lipinski definition) is 0. The van der Waals surface area contributed by atoms with E-state index in [-0.39, 0.29) is 5.97 Å². The molecule has 0 radical (unpaired) electrons. The van der Waals surface area contributed by atoms with Crippen LogP contribution in [0.15, 0.2) is 53.2 Å². The molecule has 0 atom stereocenters. The minimum absolute atomic E-state index is 0.251. The van der Waals surface area contributed by atoms with Gasteiger partial charge in [-0.3, -0.25) is 0 Å². The van der Waals surface area contributed by atoms with Gasteiger partial charge in [-0.1, -0.05) is 38.0 Å². The summed E-state index contributed by atoms with van der Waals surface area (Å²) in [6.45, 7) is 2.20. The lowest BCUT2D eigenvalue weighted by Gasteiger charge is -2.13. The highest BCUT2D eigenvalue weighted by molar-refractivity contribution is 7.25. The van der Waals surface area contributed by atoms with E-state index in [9.17, 15) is 4.79 Å². The number of rotatable bonds is 6. The second kappa shape index (κ2) is 7.60. The van der Waals surface area contributed by atoms with Crippen molar-refractivity contribution in [2.75, 3.05) is 0 Å². The fourth-order valence-corrected chi connectivity index (χ4v) is 5.41. The fourth-order valence-electron chi connectivity index (χ4n) is 3.39. The predicted octanol–water partition coefficient (Wildman–Crippen LogP) is 7.07. The van der Waals surface area contributed by atoms with E-state index >= 15 is 0 Å². The fraction of sp³-hybridized carbons (Fsp3) is 0.227. The second-order valence-electron chi connectivity index (χ2n) is 6.34. The third-order valence-corrected chi connectivity index (χ3v) is 6.61. The van der Waals surface area contributed by atoms with Crippen molar-refractivity contribution in [2.24, 2.45) is 0 Å². The Labute approximate surface area is 161 Å². The summed E-state index contributed by atoms with van der Waals surface area (Å²) in [6, 6.07) is 13.5. The van der Waals surface area contributed by atoms with Gasteiger partial charge in [-0.2, -0.15) is 0 Å². The molecule has 2 aromatic heterocycles. The molecule has 0 bridgehead atoms. The Morgan fingerprint density at radius 1 is 0.923 bits per heavy atom. The first-order valence-electron chi connectivity index (χ1n) is 8.96. The normalized spacial score (nSPS) is 11.3. The molecule has 132 valence electrons.